The molecule has 29 nitrogen and oxygen atoms in total. The number of nitrogens with zero attached hydrogens (tertiary/aromatic N) is 13. The zero-order valence-corrected chi connectivity index (χ0v) is 45.0. The first-order chi connectivity index (χ1) is 39.1. The third-order valence-electron chi connectivity index (χ3n) is 11.3. The Hall–Kier alpha value is -7.76. The number of hydroxylamine groups is 1. The van der Waals surface area contributed by atoms with E-state index in [1.54, 1.807) is 0 Å². The number of piperidine rings is 1. The van der Waals surface area contributed by atoms with Crippen LogP contribution in [0.3, 0.4) is 0 Å². The number of aliphatic imine (C=N–C) groups is 1. The molecule has 3 aromatic carbocycles. The summed E-state index contributed by atoms with van der Waals surface area (Å²) in [7, 11) is -3.63. The average molecular weight is 1220 g/mol. The van der Waals surface area contributed by atoms with E-state index in [9.17, 15) is 36.4 Å². The number of hydrogen-bond acceptors (Lipinski definition) is 26. The Bertz CT molecular complexity index is 3640. The summed E-state index contributed by atoms with van der Waals surface area (Å²) in [4.78, 5) is 32.8. The number of likely N-dealkylation sites (tertiary alicyclic amines) is 1. The van der Waals surface area contributed by atoms with E-state index in [-0.39, 0.29) is 91.9 Å². The van der Waals surface area contributed by atoms with Gasteiger partial charge in [0.2, 0.25) is 28.7 Å². The molecule has 2 N–H and O–H groups in total. The number of benzene rings is 3. The third kappa shape index (κ3) is 16.0. The molecule has 2 saturated heterocycles. The van der Waals surface area contributed by atoms with Crippen molar-refractivity contribution >= 4 is 56.4 Å². The number of aromatic nitrogens is 10. The van der Waals surface area contributed by atoms with Crippen LogP contribution in [0.1, 0.15) is 25.0 Å². The summed E-state index contributed by atoms with van der Waals surface area (Å²) in [6.45, 7) is 6.78. The zero-order chi connectivity index (χ0) is 57.5. The van der Waals surface area contributed by atoms with E-state index in [4.69, 9.17) is 67.5 Å². The maximum Gasteiger partial charge on any atom is 0.446 e. The lowest BCUT2D eigenvalue weighted by Gasteiger charge is -2.26. The summed E-state index contributed by atoms with van der Waals surface area (Å²) in [5.74, 6) is -3.80. The molecule has 7 heterocycles. The molecule has 0 atom stereocenters. The topological polar surface area (TPSA) is 344 Å². The third-order valence-corrected chi connectivity index (χ3v) is 12.7. The van der Waals surface area contributed by atoms with Crippen LogP contribution in [-0.2, 0) is 19.0 Å². The molecule has 36 heteroatoms. The molecule has 0 aliphatic carbocycles. The maximum atomic E-state index is 13.4. The first-order valence-electron chi connectivity index (χ1n) is 23.8. The number of amidine groups is 1. The highest BCUT2D eigenvalue weighted by molar-refractivity contribution is 7.85. The Labute approximate surface area is 468 Å². The fourth-order valence-corrected chi connectivity index (χ4v) is 8.33. The number of ether oxygens (including phenoxy) is 4. The molecule has 0 spiro atoms. The van der Waals surface area contributed by atoms with Crippen LogP contribution in [0.2, 0.25) is 15.1 Å². The van der Waals surface area contributed by atoms with Gasteiger partial charge in [0.25, 0.3) is 27.8 Å². The van der Waals surface area contributed by atoms with Gasteiger partial charge in [-0.05, 0) is 111 Å². The number of morpholine rings is 1. The van der Waals surface area contributed by atoms with Crippen molar-refractivity contribution < 1.29 is 72.9 Å². The van der Waals surface area contributed by atoms with Crippen molar-refractivity contribution in [3.05, 3.63) is 114 Å². The summed E-state index contributed by atoms with van der Waals surface area (Å²) in [5, 5.41) is 38.2. The van der Waals surface area contributed by atoms with Crippen LogP contribution in [0.25, 0.3) is 34.4 Å². The highest BCUT2D eigenvalue weighted by Crippen LogP contribution is 2.30. The van der Waals surface area contributed by atoms with E-state index in [2.05, 4.69) is 69.4 Å². The van der Waals surface area contributed by atoms with Crippen LogP contribution in [0.5, 0.6) is 17.6 Å². The normalized spacial score (nSPS) is 14.2. The molecule has 2 fully saturated rings. The largest absolute Gasteiger partial charge is 0.472 e. The minimum atomic E-state index is -3.63. The van der Waals surface area contributed by atoms with Crippen LogP contribution in [-0.4, -0.2) is 165 Å². The van der Waals surface area contributed by atoms with Gasteiger partial charge >= 0.3 is 11.5 Å². The molecule has 432 valence electrons. The van der Waals surface area contributed by atoms with Gasteiger partial charge in [0.05, 0.1) is 51.6 Å². The molecule has 0 saturated carbocycles. The quantitative estimate of drug-likeness (QED) is 0.0346. The number of hydrogen-bond donors (Lipinski definition) is 2. The molecule has 0 radical (unpaired) electrons. The van der Waals surface area contributed by atoms with Crippen molar-refractivity contribution in [3.8, 4) is 52.1 Å². The predicted octanol–water partition coefficient (Wildman–Crippen LogP) is 5.19. The summed E-state index contributed by atoms with van der Waals surface area (Å²) in [6, 6.07) is 11.2. The van der Waals surface area contributed by atoms with E-state index in [1.165, 1.54) is 61.7 Å². The molecular weight excluding hydrogens is 1170 g/mol. The molecule has 2 aliphatic rings. The van der Waals surface area contributed by atoms with Gasteiger partial charge in [0.1, 0.15) is 43.9 Å². The van der Waals surface area contributed by atoms with Gasteiger partial charge in [-0.15, -0.1) is 0 Å². The van der Waals surface area contributed by atoms with Crippen molar-refractivity contribution in [1.29, 1.82) is 0 Å². The lowest BCUT2D eigenvalue weighted by atomic mass is 10.1. The Kier molecular flexibility index (Phi) is 20.6. The molecule has 2 aliphatic heterocycles. The molecule has 0 unspecified atom stereocenters. The molecule has 0 bridgehead atoms. The number of nitrogens with one attached hydrogen (secondary N) is 1. The van der Waals surface area contributed by atoms with Gasteiger partial charge in [-0.25, -0.2) is 50.8 Å². The summed E-state index contributed by atoms with van der Waals surface area (Å²) in [6.07, 6.45) is 4.55. The maximum absolute atomic E-state index is 13.4. The van der Waals surface area contributed by atoms with E-state index >= 15 is 0 Å². The SMILES string of the molecule is CS(=O)(=O)OCCOc1nonc1-c1noc(=O)n1-c1ccc(F)c(Cl)c1.O=c1onc(-c2nonc2OCCN2CCOCC2)n1-c1ccc(F)c(Cl)c1.ONC(=Nc1ccc(F)c(Cl)c1)c1nonc1OCCN1CCCCC1. The van der Waals surface area contributed by atoms with Crippen molar-refractivity contribution in [2.45, 2.75) is 19.3 Å². The smallest absolute Gasteiger partial charge is 0.446 e. The summed E-state index contributed by atoms with van der Waals surface area (Å²) >= 11 is 17.3. The Balaban J connectivity index is 0.000000159. The van der Waals surface area contributed by atoms with Crippen molar-refractivity contribution in [2.75, 3.05) is 85.2 Å². The van der Waals surface area contributed by atoms with Crippen LogP contribution >= 0.6 is 34.8 Å². The molecule has 8 aromatic rings. The standard InChI is InChI=1S/C16H15ClFN5O5.C16H19ClFN5O3.C13H10ClFN4O7S/c17-11-9-10(1-2-12(11)18)23-14(20-27-16(23)24)13-15(21-28-19-13)26-8-5-22-3-6-25-7-4-22;17-12-10-11(4-5-13(12)18)19-15(20-24)14-16(22-26-21-14)25-9-8-23-6-2-1-3-7-23;1-27(21,22)24-5-4-23-12-10(16-26-18-12)11-17-25-13(20)19(11)7-2-3-9(15)8(14)6-7/h1-2,9H,3-8H2;4-5,10,24H,1-3,6-9H2,(H,19,20);2-3,6H,4-5H2,1H3. The van der Waals surface area contributed by atoms with Gasteiger partial charge in [0.15, 0.2) is 5.84 Å². The van der Waals surface area contributed by atoms with E-state index in [0.717, 1.165) is 60.2 Å². The van der Waals surface area contributed by atoms with Gasteiger partial charge in [0, 0.05) is 26.2 Å². The van der Waals surface area contributed by atoms with Gasteiger partial charge < -0.3 is 18.9 Å². The van der Waals surface area contributed by atoms with Gasteiger partial charge in [-0.3, -0.25) is 33.7 Å². The fourth-order valence-electron chi connectivity index (χ4n) is 7.44. The van der Waals surface area contributed by atoms with Gasteiger partial charge in [-0.1, -0.05) is 51.5 Å². The summed E-state index contributed by atoms with van der Waals surface area (Å²) in [5.41, 5.74) is 2.71. The van der Waals surface area contributed by atoms with Crippen molar-refractivity contribution in [3.63, 3.8) is 0 Å². The second-order valence-electron chi connectivity index (χ2n) is 16.8. The first-order valence-corrected chi connectivity index (χ1v) is 26.8. The highest BCUT2D eigenvalue weighted by atomic mass is 35.5. The molecule has 10 rings (SSSR count). The molecule has 5 aromatic heterocycles. The Morgan fingerprint density at radius 3 is 1.63 bits per heavy atom. The number of rotatable bonds is 19. The Morgan fingerprint density at radius 2 is 1.11 bits per heavy atom. The van der Waals surface area contributed by atoms with E-state index in [1.807, 2.05) is 5.48 Å². The second kappa shape index (κ2) is 28.1. The van der Waals surface area contributed by atoms with Crippen LogP contribution in [0, 0.1) is 17.5 Å². The molecule has 0 amide bonds. The van der Waals surface area contributed by atoms with E-state index in [0.29, 0.717) is 38.7 Å². The van der Waals surface area contributed by atoms with Crippen molar-refractivity contribution in [1.82, 2.24) is 65.7 Å². The van der Waals surface area contributed by atoms with E-state index < -0.39 is 39.1 Å². The monoisotopic (exact) mass is 1210 g/mol. The van der Waals surface area contributed by atoms with Crippen LogP contribution in [0.15, 0.2) is 92.1 Å². The minimum absolute atomic E-state index is 0.00435. The van der Waals surface area contributed by atoms with Crippen molar-refractivity contribution in [2.24, 2.45) is 4.99 Å². The first kappa shape index (κ1) is 59.4. The Morgan fingerprint density at radius 1 is 0.630 bits per heavy atom. The summed E-state index contributed by atoms with van der Waals surface area (Å²) < 4.78 is 114. The van der Waals surface area contributed by atoms with Crippen LogP contribution in [0.4, 0.5) is 18.9 Å². The molecular formula is C45H44Cl3F3N14O15S. The molecule has 81 heavy (non-hydrogen) atoms. The fraction of sp³-hybridized carbons (Fsp3) is 0.356. The average Bonchev–Trinajstić information content (AvgIpc) is 4.46. The lowest BCUT2D eigenvalue weighted by molar-refractivity contribution is 0.0318. The van der Waals surface area contributed by atoms with Crippen LogP contribution < -0.4 is 31.2 Å². The second-order valence-corrected chi connectivity index (χ2v) is 19.6. The predicted molar refractivity (Wildman–Crippen MR) is 272 cm³/mol. The number of halogens is 6. The zero-order valence-electron chi connectivity index (χ0n) is 42.0. The minimum Gasteiger partial charge on any atom is -0.472 e. The highest BCUT2D eigenvalue weighted by Gasteiger charge is 2.27. The van der Waals surface area contributed by atoms with Gasteiger partial charge in [-0.2, -0.15) is 8.42 Å². The lowest BCUT2D eigenvalue weighted by Crippen LogP contribution is -2.38.